The van der Waals surface area contributed by atoms with Gasteiger partial charge in [-0.3, -0.25) is 14.5 Å². The summed E-state index contributed by atoms with van der Waals surface area (Å²) in [5, 5.41) is 0.112. The highest BCUT2D eigenvalue weighted by Gasteiger charge is 2.39. The number of ether oxygens (including phenoxy) is 1. The second-order valence-electron chi connectivity index (χ2n) is 7.39. The van der Waals surface area contributed by atoms with Gasteiger partial charge < -0.3 is 14.5 Å². The van der Waals surface area contributed by atoms with Gasteiger partial charge in [0.2, 0.25) is 5.91 Å². The molecule has 2 aliphatic rings. The van der Waals surface area contributed by atoms with Crippen molar-refractivity contribution in [1.29, 1.82) is 0 Å². The SMILES string of the molecule is COc1ccccc1N1CCC(N2CCN(C(=O)c3c(F)cccc3Cl)CC2)C1=O. The van der Waals surface area contributed by atoms with Gasteiger partial charge in [-0.05, 0) is 30.7 Å². The molecular weight excluding hydrogens is 409 g/mol. The Labute approximate surface area is 179 Å². The summed E-state index contributed by atoms with van der Waals surface area (Å²) in [6, 6.07) is 11.5. The van der Waals surface area contributed by atoms with Gasteiger partial charge in [0.1, 0.15) is 11.6 Å². The Balaban J connectivity index is 1.41. The number of nitrogens with zero attached hydrogens (tertiary/aromatic N) is 3. The molecule has 8 heteroatoms. The average Bonchev–Trinajstić information content (AvgIpc) is 3.14. The fourth-order valence-electron chi connectivity index (χ4n) is 4.19. The number of carbonyl (C=O) groups excluding carboxylic acids is 2. The van der Waals surface area contributed by atoms with Gasteiger partial charge in [-0.15, -0.1) is 0 Å². The largest absolute Gasteiger partial charge is 0.495 e. The molecule has 4 rings (SSSR count). The van der Waals surface area contributed by atoms with E-state index in [9.17, 15) is 14.0 Å². The summed E-state index contributed by atoms with van der Waals surface area (Å²) < 4.78 is 19.5. The Morgan fingerprint density at radius 2 is 1.80 bits per heavy atom. The van der Waals surface area contributed by atoms with Gasteiger partial charge in [0.05, 0.1) is 29.4 Å². The van der Waals surface area contributed by atoms with E-state index in [0.717, 1.165) is 5.69 Å². The van der Waals surface area contributed by atoms with Crippen molar-refractivity contribution in [1.82, 2.24) is 9.80 Å². The zero-order valence-corrected chi connectivity index (χ0v) is 17.4. The summed E-state index contributed by atoms with van der Waals surface area (Å²) in [6.45, 7) is 2.56. The molecule has 0 N–H and O–H groups in total. The second-order valence-corrected chi connectivity index (χ2v) is 7.80. The van der Waals surface area contributed by atoms with Crippen LogP contribution in [-0.2, 0) is 4.79 Å². The first-order valence-corrected chi connectivity index (χ1v) is 10.3. The maximum atomic E-state index is 14.1. The zero-order valence-electron chi connectivity index (χ0n) is 16.7. The number of para-hydroxylation sites is 2. The molecule has 1 atom stereocenters. The molecular formula is C22H23ClFN3O3. The quantitative estimate of drug-likeness (QED) is 0.746. The van der Waals surface area contributed by atoms with Crippen molar-refractivity contribution in [3.63, 3.8) is 0 Å². The first-order chi connectivity index (χ1) is 14.5. The van der Waals surface area contributed by atoms with Crippen LogP contribution in [0, 0.1) is 5.82 Å². The lowest BCUT2D eigenvalue weighted by Gasteiger charge is -2.37. The highest BCUT2D eigenvalue weighted by Crippen LogP contribution is 2.32. The molecule has 2 aromatic rings. The number of piperazine rings is 1. The fraction of sp³-hybridized carbons (Fsp3) is 0.364. The number of hydrogen-bond donors (Lipinski definition) is 0. The molecule has 0 saturated carbocycles. The minimum atomic E-state index is -0.617. The van der Waals surface area contributed by atoms with Crippen molar-refractivity contribution in [3.05, 3.63) is 58.9 Å². The van der Waals surface area contributed by atoms with Crippen LogP contribution >= 0.6 is 11.6 Å². The molecule has 2 amide bonds. The lowest BCUT2D eigenvalue weighted by molar-refractivity contribution is -0.122. The smallest absolute Gasteiger partial charge is 0.258 e. The topological polar surface area (TPSA) is 53.1 Å². The van der Waals surface area contributed by atoms with Gasteiger partial charge in [0.15, 0.2) is 0 Å². The third kappa shape index (κ3) is 3.75. The first-order valence-electron chi connectivity index (χ1n) is 9.93. The summed E-state index contributed by atoms with van der Waals surface area (Å²) in [5.74, 6) is -0.320. The fourth-order valence-corrected chi connectivity index (χ4v) is 4.44. The van der Waals surface area contributed by atoms with Crippen LogP contribution in [-0.4, -0.2) is 67.5 Å². The van der Waals surface area contributed by atoms with Gasteiger partial charge in [0.25, 0.3) is 5.91 Å². The van der Waals surface area contributed by atoms with Gasteiger partial charge in [-0.25, -0.2) is 4.39 Å². The van der Waals surface area contributed by atoms with E-state index in [2.05, 4.69) is 4.90 Å². The predicted octanol–water partition coefficient (Wildman–Crippen LogP) is 3.05. The molecule has 1 unspecified atom stereocenters. The molecule has 0 radical (unpaired) electrons. The summed E-state index contributed by atoms with van der Waals surface area (Å²) in [7, 11) is 1.59. The molecule has 0 aliphatic carbocycles. The van der Waals surface area contributed by atoms with Crippen molar-refractivity contribution < 1.29 is 18.7 Å². The first kappa shape index (κ1) is 20.6. The lowest BCUT2D eigenvalue weighted by atomic mass is 10.1. The Morgan fingerprint density at radius 3 is 2.50 bits per heavy atom. The number of benzene rings is 2. The van der Waals surface area contributed by atoms with Crippen LogP contribution in [0.2, 0.25) is 5.02 Å². The van der Waals surface area contributed by atoms with Crippen LogP contribution < -0.4 is 9.64 Å². The van der Waals surface area contributed by atoms with E-state index >= 15 is 0 Å². The standard InChI is InChI=1S/C22H23ClFN3O3/c1-30-19-8-3-2-7-17(19)27-10-9-18(21(27)28)25-11-13-26(14-12-25)22(29)20-15(23)5-4-6-16(20)24/h2-8,18H,9-14H2,1H3. The van der Waals surface area contributed by atoms with E-state index in [-0.39, 0.29) is 22.5 Å². The van der Waals surface area contributed by atoms with E-state index in [1.165, 1.54) is 18.2 Å². The van der Waals surface area contributed by atoms with Gasteiger partial charge >= 0.3 is 0 Å². The number of amides is 2. The summed E-state index contributed by atoms with van der Waals surface area (Å²) in [5.41, 5.74) is 0.683. The molecule has 0 bridgehead atoms. The molecule has 2 aromatic carbocycles. The normalized spacial score (nSPS) is 20.0. The summed E-state index contributed by atoms with van der Waals surface area (Å²) >= 11 is 6.04. The lowest BCUT2D eigenvalue weighted by Crippen LogP contribution is -2.54. The second kappa shape index (κ2) is 8.62. The van der Waals surface area contributed by atoms with Crippen LogP contribution in [0.1, 0.15) is 16.8 Å². The molecule has 2 saturated heterocycles. The van der Waals surface area contributed by atoms with E-state index < -0.39 is 11.7 Å². The molecule has 0 spiro atoms. The minimum absolute atomic E-state index is 0.0384. The Morgan fingerprint density at radius 1 is 1.07 bits per heavy atom. The van der Waals surface area contributed by atoms with E-state index in [1.54, 1.807) is 16.9 Å². The van der Waals surface area contributed by atoms with Gasteiger partial charge in [-0.2, -0.15) is 0 Å². The van der Waals surface area contributed by atoms with E-state index in [0.29, 0.717) is 44.9 Å². The highest BCUT2D eigenvalue weighted by atomic mass is 35.5. The number of methoxy groups -OCH3 is 1. The summed E-state index contributed by atoms with van der Waals surface area (Å²) in [6.07, 6.45) is 0.712. The Hall–Kier alpha value is -2.64. The van der Waals surface area contributed by atoms with Gasteiger partial charge in [-0.1, -0.05) is 29.8 Å². The van der Waals surface area contributed by atoms with Crippen molar-refractivity contribution in [2.24, 2.45) is 0 Å². The number of halogens is 2. The summed E-state index contributed by atoms with van der Waals surface area (Å²) in [4.78, 5) is 31.3. The number of hydrogen-bond acceptors (Lipinski definition) is 4. The monoisotopic (exact) mass is 431 g/mol. The molecule has 2 fully saturated rings. The van der Waals surface area contributed by atoms with Crippen LogP contribution in [0.25, 0.3) is 0 Å². The van der Waals surface area contributed by atoms with Crippen LogP contribution in [0.15, 0.2) is 42.5 Å². The highest BCUT2D eigenvalue weighted by molar-refractivity contribution is 6.33. The molecule has 0 aromatic heterocycles. The van der Waals surface area contributed by atoms with Gasteiger partial charge in [0, 0.05) is 32.7 Å². The van der Waals surface area contributed by atoms with Crippen LogP contribution in [0.4, 0.5) is 10.1 Å². The predicted molar refractivity (Wildman–Crippen MR) is 113 cm³/mol. The third-order valence-electron chi connectivity index (χ3n) is 5.77. The van der Waals surface area contributed by atoms with Crippen molar-refractivity contribution in [3.8, 4) is 5.75 Å². The van der Waals surface area contributed by atoms with E-state index in [4.69, 9.17) is 16.3 Å². The van der Waals surface area contributed by atoms with Crippen molar-refractivity contribution in [2.45, 2.75) is 12.5 Å². The number of anilines is 1. The third-order valence-corrected chi connectivity index (χ3v) is 6.09. The number of carbonyl (C=O) groups is 2. The molecule has 2 heterocycles. The van der Waals surface area contributed by atoms with Crippen LogP contribution in [0.5, 0.6) is 5.75 Å². The Kier molecular flexibility index (Phi) is 5.92. The van der Waals surface area contributed by atoms with Crippen molar-refractivity contribution in [2.75, 3.05) is 44.7 Å². The molecule has 158 valence electrons. The maximum Gasteiger partial charge on any atom is 0.258 e. The average molecular weight is 432 g/mol. The van der Waals surface area contributed by atoms with Crippen molar-refractivity contribution >= 4 is 29.1 Å². The molecule has 30 heavy (non-hydrogen) atoms. The molecule has 2 aliphatic heterocycles. The minimum Gasteiger partial charge on any atom is -0.495 e. The van der Waals surface area contributed by atoms with Crippen LogP contribution in [0.3, 0.4) is 0 Å². The Bertz CT molecular complexity index is 942. The zero-order chi connectivity index (χ0) is 21.3. The molecule has 6 nitrogen and oxygen atoms in total. The maximum absolute atomic E-state index is 14.1. The van der Waals surface area contributed by atoms with E-state index in [1.807, 2.05) is 24.3 Å². The number of rotatable bonds is 4.